The Morgan fingerprint density at radius 2 is 2.03 bits per heavy atom. The van der Waals surface area contributed by atoms with E-state index < -0.39 is 0 Å². The van der Waals surface area contributed by atoms with Crippen LogP contribution < -0.4 is 5.32 Å². The Labute approximate surface area is 176 Å². The standard InChI is InChI=1S/C23H39N5O/c1-24-23(25-12-15-26(2)16-17-29-3)28-14-11-22-21(19-28)10-7-13-27(22)18-20-8-5-4-6-9-20/h4-6,8-9,21-22H,7,10-19H2,1-3H3,(H,24,25). The maximum Gasteiger partial charge on any atom is 0.193 e. The molecule has 0 spiro atoms. The SMILES string of the molecule is CN=C(NCCN(C)CCOC)N1CCC2C(CCCN2Cc2ccccc2)C1. The third-order valence-corrected chi connectivity index (χ3v) is 6.38. The van der Waals surface area contributed by atoms with Crippen molar-refractivity contribution < 1.29 is 4.74 Å². The van der Waals surface area contributed by atoms with Crippen molar-refractivity contribution in [1.82, 2.24) is 20.0 Å². The van der Waals surface area contributed by atoms with E-state index in [0.717, 1.165) is 57.8 Å². The van der Waals surface area contributed by atoms with Gasteiger partial charge in [0, 0.05) is 59.5 Å². The van der Waals surface area contributed by atoms with E-state index in [1.165, 1.54) is 31.4 Å². The number of piperidine rings is 2. The van der Waals surface area contributed by atoms with E-state index in [2.05, 4.69) is 62.4 Å². The minimum absolute atomic E-state index is 0.707. The smallest absolute Gasteiger partial charge is 0.193 e. The lowest BCUT2D eigenvalue weighted by atomic mass is 9.83. The van der Waals surface area contributed by atoms with Gasteiger partial charge in [-0.15, -0.1) is 0 Å². The van der Waals surface area contributed by atoms with Gasteiger partial charge in [0.1, 0.15) is 0 Å². The molecule has 2 atom stereocenters. The molecule has 2 aliphatic rings. The lowest BCUT2D eigenvalue weighted by molar-refractivity contribution is 0.0372. The molecule has 29 heavy (non-hydrogen) atoms. The summed E-state index contributed by atoms with van der Waals surface area (Å²) in [5, 5.41) is 3.57. The zero-order valence-electron chi connectivity index (χ0n) is 18.5. The molecule has 3 rings (SSSR count). The molecule has 1 N–H and O–H groups in total. The number of likely N-dealkylation sites (tertiary alicyclic amines) is 2. The summed E-state index contributed by atoms with van der Waals surface area (Å²) in [5.74, 6) is 1.80. The maximum atomic E-state index is 5.15. The monoisotopic (exact) mass is 401 g/mol. The van der Waals surface area contributed by atoms with E-state index in [0.29, 0.717) is 6.04 Å². The Kier molecular flexibility index (Phi) is 8.77. The minimum Gasteiger partial charge on any atom is -0.383 e. The van der Waals surface area contributed by atoms with Gasteiger partial charge in [0.2, 0.25) is 0 Å². The Bertz CT molecular complexity index is 623. The molecule has 1 aromatic rings. The second-order valence-corrected chi connectivity index (χ2v) is 8.43. The van der Waals surface area contributed by atoms with Gasteiger partial charge in [-0.2, -0.15) is 0 Å². The van der Waals surface area contributed by atoms with Crippen LogP contribution in [0.1, 0.15) is 24.8 Å². The molecule has 6 heteroatoms. The second-order valence-electron chi connectivity index (χ2n) is 8.43. The van der Waals surface area contributed by atoms with Gasteiger partial charge in [0.05, 0.1) is 6.61 Å². The fraction of sp³-hybridized carbons (Fsp3) is 0.696. The molecule has 2 aliphatic heterocycles. The first kappa shape index (κ1) is 22.1. The quantitative estimate of drug-likeness (QED) is 0.534. The van der Waals surface area contributed by atoms with Crippen molar-refractivity contribution in [3.8, 4) is 0 Å². The van der Waals surface area contributed by atoms with Crippen molar-refractivity contribution in [3.05, 3.63) is 35.9 Å². The average Bonchev–Trinajstić information content (AvgIpc) is 2.76. The predicted octanol–water partition coefficient (Wildman–Crippen LogP) is 2.13. The van der Waals surface area contributed by atoms with Gasteiger partial charge in [-0.1, -0.05) is 30.3 Å². The van der Waals surface area contributed by atoms with Gasteiger partial charge >= 0.3 is 0 Å². The van der Waals surface area contributed by atoms with Crippen molar-refractivity contribution in [1.29, 1.82) is 0 Å². The number of likely N-dealkylation sites (N-methyl/N-ethyl adjacent to an activating group) is 1. The number of guanidine groups is 1. The summed E-state index contributed by atoms with van der Waals surface area (Å²) < 4.78 is 5.15. The number of rotatable bonds is 8. The number of methoxy groups -OCH3 is 1. The highest BCUT2D eigenvalue weighted by molar-refractivity contribution is 5.80. The predicted molar refractivity (Wildman–Crippen MR) is 120 cm³/mol. The topological polar surface area (TPSA) is 43.3 Å². The third kappa shape index (κ3) is 6.43. The van der Waals surface area contributed by atoms with Gasteiger partial charge in [0.15, 0.2) is 5.96 Å². The summed E-state index contributed by atoms with van der Waals surface area (Å²) in [5.41, 5.74) is 1.44. The Morgan fingerprint density at radius 3 is 2.79 bits per heavy atom. The lowest BCUT2D eigenvalue weighted by Gasteiger charge is -2.48. The van der Waals surface area contributed by atoms with Gasteiger partial charge < -0.3 is 19.9 Å². The fourth-order valence-electron chi connectivity index (χ4n) is 4.76. The molecule has 0 radical (unpaired) electrons. The van der Waals surface area contributed by atoms with Crippen molar-refractivity contribution in [2.75, 3.05) is 67.1 Å². The zero-order valence-corrected chi connectivity index (χ0v) is 18.5. The number of hydrogen-bond acceptors (Lipinski definition) is 4. The molecule has 0 aromatic heterocycles. The maximum absolute atomic E-state index is 5.15. The molecular weight excluding hydrogens is 362 g/mol. The average molecular weight is 402 g/mol. The van der Waals surface area contributed by atoms with Crippen molar-refractivity contribution in [2.45, 2.75) is 31.8 Å². The summed E-state index contributed by atoms with van der Waals surface area (Å²) in [6.45, 7) is 8.17. The van der Waals surface area contributed by atoms with E-state index >= 15 is 0 Å². The summed E-state index contributed by atoms with van der Waals surface area (Å²) in [7, 11) is 5.80. The van der Waals surface area contributed by atoms with Crippen LogP contribution in [-0.2, 0) is 11.3 Å². The van der Waals surface area contributed by atoms with Crippen LogP contribution in [0, 0.1) is 5.92 Å². The number of nitrogens with one attached hydrogen (secondary N) is 1. The zero-order chi connectivity index (χ0) is 20.5. The molecule has 6 nitrogen and oxygen atoms in total. The van der Waals surface area contributed by atoms with Gasteiger partial charge in [-0.3, -0.25) is 9.89 Å². The molecule has 0 amide bonds. The van der Waals surface area contributed by atoms with Crippen molar-refractivity contribution in [2.24, 2.45) is 10.9 Å². The molecule has 1 aromatic carbocycles. The van der Waals surface area contributed by atoms with Crippen molar-refractivity contribution >= 4 is 5.96 Å². The van der Waals surface area contributed by atoms with Gasteiger partial charge in [0.25, 0.3) is 0 Å². The van der Waals surface area contributed by atoms with Gasteiger partial charge in [-0.05, 0) is 44.3 Å². The Hall–Kier alpha value is -1.63. The molecule has 0 bridgehead atoms. The van der Waals surface area contributed by atoms with E-state index in [-0.39, 0.29) is 0 Å². The highest BCUT2D eigenvalue weighted by Gasteiger charge is 2.36. The number of nitrogens with zero attached hydrogens (tertiary/aromatic N) is 4. The van der Waals surface area contributed by atoms with Crippen molar-refractivity contribution in [3.63, 3.8) is 0 Å². The van der Waals surface area contributed by atoms with Gasteiger partial charge in [-0.25, -0.2) is 0 Å². The third-order valence-electron chi connectivity index (χ3n) is 6.38. The molecule has 0 aliphatic carbocycles. The molecule has 162 valence electrons. The first-order valence-corrected chi connectivity index (χ1v) is 11.1. The molecule has 2 heterocycles. The highest BCUT2D eigenvalue weighted by Crippen LogP contribution is 2.31. The fourth-order valence-corrected chi connectivity index (χ4v) is 4.76. The van der Waals surface area contributed by atoms with E-state index in [1.807, 2.05) is 7.05 Å². The molecule has 2 saturated heterocycles. The number of aliphatic imine (C=N–C) groups is 1. The van der Waals surface area contributed by atoms with Crippen LogP contribution >= 0.6 is 0 Å². The van der Waals surface area contributed by atoms with Crippen LogP contribution in [0.25, 0.3) is 0 Å². The first-order chi connectivity index (χ1) is 14.2. The summed E-state index contributed by atoms with van der Waals surface area (Å²) in [6.07, 6.45) is 3.87. The molecule has 2 unspecified atom stereocenters. The number of ether oxygens (including phenoxy) is 1. The lowest BCUT2D eigenvalue weighted by Crippen LogP contribution is -2.57. The molecule has 0 saturated carbocycles. The number of fused-ring (bicyclic) bond motifs is 1. The van der Waals surface area contributed by atoms with Crippen LogP contribution in [0.5, 0.6) is 0 Å². The van der Waals surface area contributed by atoms with Crippen LogP contribution in [0.15, 0.2) is 35.3 Å². The second kappa shape index (κ2) is 11.5. The van der Waals surface area contributed by atoms with Crippen LogP contribution in [0.2, 0.25) is 0 Å². The Balaban J connectivity index is 1.49. The summed E-state index contributed by atoms with van der Waals surface area (Å²) in [6, 6.07) is 11.6. The number of hydrogen-bond donors (Lipinski definition) is 1. The number of benzene rings is 1. The minimum atomic E-state index is 0.707. The summed E-state index contributed by atoms with van der Waals surface area (Å²) >= 11 is 0. The summed E-state index contributed by atoms with van der Waals surface area (Å²) in [4.78, 5) is 12.1. The normalized spacial score (nSPS) is 23.3. The first-order valence-electron chi connectivity index (χ1n) is 11.1. The van der Waals surface area contributed by atoms with E-state index in [1.54, 1.807) is 7.11 Å². The van der Waals surface area contributed by atoms with Crippen LogP contribution in [0.4, 0.5) is 0 Å². The molecule has 2 fully saturated rings. The van der Waals surface area contributed by atoms with Crippen LogP contribution in [-0.4, -0.2) is 93.8 Å². The van der Waals surface area contributed by atoms with E-state index in [4.69, 9.17) is 4.74 Å². The molecular formula is C23H39N5O. The highest BCUT2D eigenvalue weighted by atomic mass is 16.5. The Morgan fingerprint density at radius 1 is 1.21 bits per heavy atom. The largest absolute Gasteiger partial charge is 0.383 e. The van der Waals surface area contributed by atoms with Crippen LogP contribution in [0.3, 0.4) is 0 Å². The van der Waals surface area contributed by atoms with E-state index in [9.17, 15) is 0 Å².